The Balaban J connectivity index is 2.62. The maximum absolute atomic E-state index is 2.84. The lowest BCUT2D eigenvalue weighted by Gasteiger charge is -1.74. The molecule has 0 amide bonds. The first-order valence-corrected chi connectivity index (χ1v) is 1.70. The highest BCUT2D eigenvalue weighted by Crippen LogP contribution is 1.52. The molecule has 1 nitrogen and oxygen atoms in total. The van der Waals surface area contributed by atoms with Gasteiger partial charge in [-0.25, -0.2) is 0 Å². The molecule has 28 valence electrons. The minimum atomic E-state index is 1.88. The van der Waals surface area contributed by atoms with E-state index in [1.807, 2.05) is 27.2 Å². The highest BCUT2D eigenvalue weighted by Gasteiger charge is 1.46. The van der Waals surface area contributed by atoms with Crippen LogP contribution in [0.3, 0.4) is 0 Å². The fourth-order valence-corrected chi connectivity index (χ4v) is 0.167. The first kappa shape index (κ1) is 4.60. The van der Waals surface area contributed by atoms with Gasteiger partial charge in [0.1, 0.15) is 0 Å². The highest BCUT2D eigenvalue weighted by atomic mass is 14.7. The van der Waals surface area contributed by atoms with Gasteiger partial charge in [-0.1, -0.05) is 6.08 Å². The Labute approximate surface area is 33.5 Å². The van der Waals surface area contributed by atoms with E-state index in [-0.39, 0.29) is 0 Å². The summed E-state index contributed by atoms with van der Waals surface area (Å²) in [4.78, 5) is 0. The van der Waals surface area contributed by atoms with Gasteiger partial charge < -0.3 is 5.23 Å². The molecule has 1 N–H and O–H groups in total. The minimum Gasteiger partial charge on any atom is -0.440 e. The molecule has 0 unspecified atom stereocenters. The molecule has 0 aliphatic heterocycles. The zero-order chi connectivity index (χ0) is 4.12. The van der Waals surface area contributed by atoms with Crippen LogP contribution >= 0.6 is 0 Å². The fourth-order valence-electron chi connectivity index (χ4n) is 0.167. The predicted octanol–water partition coefficient (Wildman–Crippen LogP) is -0.342. The molecule has 0 atom stereocenters. The molecule has 0 heterocycles. The summed E-state index contributed by atoms with van der Waals surface area (Å²) in [7, 11) is 1.88. The van der Waals surface area contributed by atoms with E-state index in [9.17, 15) is 0 Å². The van der Waals surface area contributed by atoms with Crippen LogP contribution in [0, 0.1) is 0 Å². The molecular formula is C3H8BN. The van der Waals surface area contributed by atoms with Crippen LogP contribution in [0.5, 0.6) is 0 Å². The average Bonchev–Trinajstić information content (AvgIpc) is 1.41. The number of hydrogen-bond donors (Lipinski definition) is 1. The summed E-state index contributed by atoms with van der Waals surface area (Å²) < 4.78 is 0. The van der Waals surface area contributed by atoms with Crippen molar-refractivity contribution in [1.82, 2.24) is 5.23 Å². The predicted molar refractivity (Wildman–Crippen MR) is 26.5 cm³/mol. The molecule has 0 saturated heterocycles. The molecule has 2 heteroatoms. The quantitative estimate of drug-likeness (QED) is 0.415. The van der Waals surface area contributed by atoms with Crippen LogP contribution in [-0.4, -0.2) is 7.98 Å². The number of allylic oxidation sites excluding steroid dienone is 1. The molecule has 0 rings (SSSR count). The van der Waals surface area contributed by atoms with E-state index in [0.717, 1.165) is 0 Å². The summed E-state index contributed by atoms with van der Waals surface area (Å²) in [6, 6.07) is 0. The third kappa shape index (κ3) is 3.60. The van der Waals surface area contributed by atoms with Crippen LogP contribution in [0.1, 0.15) is 6.92 Å². The van der Waals surface area contributed by atoms with Crippen LogP contribution in [0.2, 0.25) is 0 Å². The van der Waals surface area contributed by atoms with Crippen molar-refractivity contribution in [2.75, 3.05) is 0 Å². The van der Waals surface area contributed by atoms with Crippen molar-refractivity contribution in [1.29, 1.82) is 0 Å². The lowest BCUT2D eigenvalue weighted by atomic mass is 10.4. The van der Waals surface area contributed by atoms with Crippen molar-refractivity contribution >= 4 is 7.98 Å². The smallest absolute Gasteiger partial charge is 0.213 e. The van der Waals surface area contributed by atoms with E-state index < -0.39 is 0 Å². The molecule has 5 heavy (non-hydrogen) atoms. The molecule has 0 spiro atoms. The topological polar surface area (TPSA) is 12.0 Å². The Morgan fingerprint density at radius 3 is 2.40 bits per heavy atom. The lowest BCUT2D eigenvalue weighted by Crippen LogP contribution is -1.92. The summed E-state index contributed by atoms with van der Waals surface area (Å²) in [5.41, 5.74) is 0. The Bertz CT molecular complexity index is 33.9. The molecule has 0 aromatic carbocycles. The summed E-state index contributed by atoms with van der Waals surface area (Å²) in [6.07, 6.45) is 3.82. The number of rotatable bonds is 1. The summed E-state index contributed by atoms with van der Waals surface area (Å²) in [6.45, 7) is 1.97. The second-order valence-electron chi connectivity index (χ2n) is 0.789. The Morgan fingerprint density at radius 2 is 2.40 bits per heavy atom. The van der Waals surface area contributed by atoms with Gasteiger partial charge in [0.2, 0.25) is 7.98 Å². The maximum atomic E-state index is 2.84. The minimum absolute atomic E-state index is 1.88. The molecule has 0 aromatic heterocycles. The molecule has 0 aliphatic rings. The van der Waals surface area contributed by atoms with Crippen molar-refractivity contribution in [3.63, 3.8) is 0 Å². The van der Waals surface area contributed by atoms with Gasteiger partial charge >= 0.3 is 0 Å². The van der Waals surface area contributed by atoms with Crippen molar-refractivity contribution in [3.8, 4) is 0 Å². The fraction of sp³-hybridized carbons (Fsp3) is 0.333. The van der Waals surface area contributed by atoms with Crippen LogP contribution in [0.25, 0.3) is 0 Å². The van der Waals surface area contributed by atoms with E-state index in [0.29, 0.717) is 0 Å². The van der Waals surface area contributed by atoms with Crippen molar-refractivity contribution in [2.24, 2.45) is 0 Å². The van der Waals surface area contributed by atoms with E-state index >= 15 is 0 Å². The van der Waals surface area contributed by atoms with Gasteiger partial charge in [-0.2, -0.15) is 0 Å². The van der Waals surface area contributed by atoms with Gasteiger partial charge in [0.05, 0.1) is 0 Å². The molecular weight excluding hydrogens is 60.9 g/mol. The van der Waals surface area contributed by atoms with Crippen LogP contribution < -0.4 is 5.23 Å². The van der Waals surface area contributed by atoms with Crippen molar-refractivity contribution in [3.05, 3.63) is 12.3 Å². The normalized spacial score (nSPS) is 9.00. The standard InChI is InChI=1S/C3H8BN/c1-2-3-5-4/h2-3,5H,4H2,1H3. The van der Waals surface area contributed by atoms with Gasteiger partial charge in [0, 0.05) is 0 Å². The first-order valence-electron chi connectivity index (χ1n) is 1.70. The van der Waals surface area contributed by atoms with Crippen LogP contribution in [0.4, 0.5) is 0 Å². The van der Waals surface area contributed by atoms with Gasteiger partial charge in [0.25, 0.3) is 0 Å². The molecule has 0 aliphatic carbocycles. The Morgan fingerprint density at radius 1 is 1.80 bits per heavy atom. The van der Waals surface area contributed by atoms with E-state index in [1.54, 1.807) is 0 Å². The summed E-state index contributed by atoms with van der Waals surface area (Å²) in [5.74, 6) is 0. The second kappa shape index (κ2) is 3.60. The third-order valence-electron chi connectivity index (χ3n) is 0.333. The zero-order valence-electron chi connectivity index (χ0n) is 3.65. The van der Waals surface area contributed by atoms with Crippen molar-refractivity contribution in [2.45, 2.75) is 6.92 Å². The van der Waals surface area contributed by atoms with Gasteiger partial charge in [-0.05, 0) is 13.1 Å². The average molecular weight is 68.9 g/mol. The molecule has 0 saturated carbocycles. The van der Waals surface area contributed by atoms with Crippen molar-refractivity contribution < 1.29 is 0 Å². The largest absolute Gasteiger partial charge is 0.440 e. The zero-order valence-corrected chi connectivity index (χ0v) is 3.65. The number of hydrogen-bond acceptors (Lipinski definition) is 1. The van der Waals surface area contributed by atoms with Crippen LogP contribution in [-0.2, 0) is 0 Å². The lowest BCUT2D eigenvalue weighted by molar-refractivity contribution is 1.37. The molecule has 0 fully saturated rings. The van der Waals surface area contributed by atoms with E-state index in [1.165, 1.54) is 0 Å². The number of nitrogens with one attached hydrogen (secondary N) is 1. The first-order chi connectivity index (χ1) is 2.41. The van der Waals surface area contributed by atoms with Crippen LogP contribution in [0.15, 0.2) is 12.3 Å². The van der Waals surface area contributed by atoms with Gasteiger partial charge in [-0.15, -0.1) is 0 Å². The highest BCUT2D eigenvalue weighted by molar-refractivity contribution is 6.05. The van der Waals surface area contributed by atoms with E-state index in [4.69, 9.17) is 0 Å². The maximum Gasteiger partial charge on any atom is 0.213 e. The molecule has 0 aromatic rings. The van der Waals surface area contributed by atoms with Gasteiger partial charge in [0.15, 0.2) is 0 Å². The third-order valence-corrected chi connectivity index (χ3v) is 0.333. The SMILES string of the molecule is BNC=CC. The monoisotopic (exact) mass is 69.1 g/mol. The Hall–Kier alpha value is -0.395. The second-order valence-corrected chi connectivity index (χ2v) is 0.789. The van der Waals surface area contributed by atoms with E-state index in [2.05, 4.69) is 5.23 Å². The Kier molecular flexibility index (Phi) is 3.32. The molecule has 0 bridgehead atoms. The molecule has 0 radical (unpaired) electrons. The summed E-state index contributed by atoms with van der Waals surface area (Å²) >= 11 is 0. The van der Waals surface area contributed by atoms with Gasteiger partial charge in [-0.3, -0.25) is 0 Å². The summed E-state index contributed by atoms with van der Waals surface area (Å²) in [5, 5.41) is 2.84.